The van der Waals surface area contributed by atoms with Crippen molar-refractivity contribution in [1.82, 2.24) is 4.98 Å². The summed E-state index contributed by atoms with van der Waals surface area (Å²) < 4.78 is 19.5. The highest BCUT2D eigenvalue weighted by Crippen LogP contribution is 2.24. The highest BCUT2D eigenvalue weighted by Gasteiger charge is 2.07. The third kappa shape index (κ3) is 3.61. The SMILES string of the molecule is O=Cc1ccc(F)c(-c2ccc(OCc3ccccc3)nc2)c1. The first-order valence-electron chi connectivity index (χ1n) is 7.14. The molecule has 0 aliphatic rings. The van der Waals surface area contributed by atoms with Crippen LogP contribution in [0.5, 0.6) is 5.88 Å². The summed E-state index contributed by atoms with van der Waals surface area (Å²) in [6.07, 6.45) is 2.22. The molecule has 0 radical (unpaired) electrons. The van der Waals surface area contributed by atoms with Gasteiger partial charge >= 0.3 is 0 Å². The van der Waals surface area contributed by atoms with Crippen LogP contribution >= 0.6 is 0 Å². The minimum absolute atomic E-state index is 0.344. The molecule has 2 aromatic carbocycles. The Morgan fingerprint density at radius 3 is 2.57 bits per heavy atom. The van der Waals surface area contributed by atoms with Crippen LogP contribution < -0.4 is 4.74 Å². The predicted molar refractivity (Wildman–Crippen MR) is 85.8 cm³/mol. The molecule has 1 heterocycles. The van der Waals surface area contributed by atoms with E-state index in [0.29, 0.717) is 35.5 Å². The number of carbonyl (C=O) groups excluding carboxylic acids is 1. The van der Waals surface area contributed by atoms with Crippen LogP contribution in [-0.2, 0) is 6.61 Å². The summed E-state index contributed by atoms with van der Waals surface area (Å²) in [5, 5.41) is 0. The molecular formula is C19H14FNO2. The van der Waals surface area contributed by atoms with Crippen molar-refractivity contribution >= 4 is 6.29 Å². The molecule has 0 saturated heterocycles. The topological polar surface area (TPSA) is 39.2 Å². The van der Waals surface area contributed by atoms with Crippen molar-refractivity contribution in [2.24, 2.45) is 0 Å². The first-order chi connectivity index (χ1) is 11.3. The van der Waals surface area contributed by atoms with Gasteiger partial charge in [0.1, 0.15) is 18.7 Å². The number of halogens is 1. The zero-order valence-corrected chi connectivity index (χ0v) is 12.3. The van der Waals surface area contributed by atoms with Gasteiger partial charge in [-0.3, -0.25) is 4.79 Å². The average Bonchev–Trinajstić information content (AvgIpc) is 2.62. The number of hydrogen-bond donors (Lipinski definition) is 0. The Hall–Kier alpha value is -3.01. The molecule has 0 unspecified atom stereocenters. The number of rotatable bonds is 5. The number of benzene rings is 2. The number of carbonyl (C=O) groups is 1. The van der Waals surface area contributed by atoms with Gasteiger partial charge in [0.15, 0.2) is 0 Å². The molecule has 0 bridgehead atoms. The van der Waals surface area contributed by atoms with Gasteiger partial charge in [-0.25, -0.2) is 9.37 Å². The van der Waals surface area contributed by atoms with Crippen LogP contribution in [0.2, 0.25) is 0 Å². The van der Waals surface area contributed by atoms with Gasteiger partial charge in [0.2, 0.25) is 5.88 Å². The van der Waals surface area contributed by atoms with Crippen LogP contribution in [0.4, 0.5) is 4.39 Å². The Labute approximate surface area is 133 Å². The quantitative estimate of drug-likeness (QED) is 0.660. The smallest absolute Gasteiger partial charge is 0.213 e. The highest BCUT2D eigenvalue weighted by molar-refractivity contribution is 5.79. The minimum atomic E-state index is -0.393. The van der Waals surface area contributed by atoms with Crippen molar-refractivity contribution in [1.29, 1.82) is 0 Å². The maximum Gasteiger partial charge on any atom is 0.213 e. The minimum Gasteiger partial charge on any atom is -0.473 e. The van der Waals surface area contributed by atoms with Crippen LogP contribution in [-0.4, -0.2) is 11.3 Å². The van der Waals surface area contributed by atoms with Crippen LogP contribution in [0.15, 0.2) is 66.9 Å². The molecule has 3 aromatic rings. The van der Waals surface area contributed by atoms with E-state index in [4.69, 9.17) is 4.74 Å². The standard InChI is InChI=1S/C19H14FNO2/c20-18-8-6-15(12-22)10-17(18)16-7-9-19(21-11-16)23-13-14-4-2-1-3-5-14/h1-12H,13H2. The molecular weight excluding hydrogens is 293 g/mol. The molecule has 0 atom stereocenters. The Balaban J connectivity index is 1.76. The van der Waals surface area contributed by atoms with E-state index in [0.717, 1.165) is 5.56 Å². The summed E-state index contributed by atoms with van der Waals surface area (Å²) in [6, 6.07) is 17.4. The summed E-state index contributed by atoms with van der Waals surface area (Å²) in [7, 11) is 0. The summed E-state index contributed by atoms with van der Waals surface area (Å²) in [5.74, 6) is 0.0694. The van der Waals surface area contributed by atoms with Crippen LogP contribution in [0.3, 0.4) is 0 Å². The van der Waals surface area contributed by atoms with Gasteiger partial charge in [-0.15, -0.1) is 0 Å². The summed E-state index contributed by atoms with van der Waals surface area (Å²) in [5.41, 5.74) is 2.41. The largest absolute Gasteiger partial charge is 0.473 e. The fraction of sp³-hybridized carbons (Fsp3) is 0.0526. The van der Waals surface area contributed by atoms with Crippen molar-refractivity contribution < 1.29 is 13.9 Å². The molecule has 4 heteroatoms. The number of aldehydes is 1. The highest BCUT2D eigenvalue weighted by atomic mass is 19.1. The van der Waals surface area contributed by atoms with E-state index < -0.39 is 5.82 Å². The van der Waals surface area contributed by atoms with Crippen molar-refractivity contribution in [3.05, 3.63) is 83.8 Å². The third-order valence-corrected chi connectivity index (χ3v) is 3.40. The van der Waals surface area contributed by atoms with Gasteiger partial charge in [-0.1, -0.05) is 30.3 Å². The predicted octanol–water partition coefficient (Wildman–Crippen LogP) is 4.28. The van der Waals surface area contributed by atoms with E-state index in [1.807, 2.05) is 30.3 Å². The van der Waals surface area contributed by atoms with Gasteiger partial charge in [-0.05, 0) is 29.8 Å². The zero-order chi connectivity index (χ0) is 16.1. The van der Waals surface area contributed by atoms with E-state index in [9.17, 15) is 9.18 Å². The first kappa shape index (κ1) is 14.9. The second-order valence-electron chi connectivity index (χ2n) is 5.02. The molecule has 1 aromatic heterocycles. The van der Waals surface area contributed by atoms with Crippen LogP contribution in [0, 0.1) is 5.82 Å². The van der Waals surface area contributed by atoms with Gasteiger partial charge < -0.3 is 4.74 Å². The maximum absolute atomic E-state index is 13.9. The normalized spacial score (nSPS) is 10.3. The zero-order valence-electron chi connectivity index (χ0n) is 12.3. The van der Waals surface area contributed by atoms with E-state index in [-0.39, 0.29) is 0 Å². The van der Waals surface area contributed by atoms with Crippen molar-refractivity contribution in [2.45, 2.75) is 6.61 Å². The summed E-state index contributed by atoms with van der Waals surface area (Å²) in [4.78, 5) is 15.0. The Morgan fingerprint density at radius 1 is 1.04 bits per heavy atom. The molecule has 0 spiro atoms. The molecule has 3 nitrogen and oxygen atoms in total. The van der Waals surface area contributed by atoms with Gasteiger partial charge in [0.25, 0.3) is 0 Å². The summed E-state index contributed by atoms with van der Waals surface area (Å²) >= 11 is 0. The van der Waals surface area contributed by atoms with Crippen molar-refractivity contribution in [3.63, 3.8) is 0 Å². The lowest BCUT2D eigenvalue weighted by molar-refractivity contribution is 0.112. The first-order valence-corrected chi connectivity index (χ1v) is 7.14. The van der Waals surface area contributed by atoms with E-state index in [1.165, 1.54) is 24.4 Å². The van der Waals surface area contributed by atoms with Crippen molar-refractivity contribution in [2.75, 3.05) is 0 Å². The molecule has 0 aliphatic carbocycles. The molecule has 0 aliphatic heterocycles. The van der Waals surface area contributed by atoms with Gasteiger partial charge in [0, 0.05) is 29.0 Å². The molecule has 114 valence electrons. The van der Waals surface area contributed by atoms with E-state index >= 15 is 0 Å². The molecule has 23 heavy (non-hydrogen) atoms. The Kier molecular flexibility index (Phi) is 4.43. The second kappa shape index (κ2) is 6.83. The monoisotopic (exact) mass is 307 g/mol. The third-order valence-electron chi connectivity index (χ3n) is 3.40. The average molecular weight is 307 g/mol. The molecule has 3 rings (SSSR count). The molecule has 0 N–H and O–H groups in total. The number of aromatic nitrogens is 1. The van der Waals surface area contributed by atoms with E-state index in [2.05, 4.69) is 4.98 Å². The lowest BCUT2D eigenvalue weighted by atomic mass is 10.0. The summed E-state index contributed by atoms with van der Waals surface area (Å²) in [6.45, 7) is 0.419. The number of nitrogens with zero attached hydrogens (tertiary/aromatic N) is 1. The van der Waals surface area contributed by atoms with E-state index in [1.54, 1.807) is 12.1 Å². The molecule has 0 saturated carbocycles. The van der Waals surface area contributed by atoms with Crippen LogP contribution in [0.1, 0.15) is 15.9 Å². The number of pyridine rings is 1. The lowest BCUT2D eigenvalue weighted by Gasteiger charge is -2.07. The Morgan fingerprint density at radius 2 is 1.87 bits per heavy atom. The fourth-order valence-corrected chi connectivity index (χ4v) is 2.19. The Bertz CT molecular complexity index is 801. The van der Waals surface area contributed by atoms with Gasteiger partial charge in [0.05, 0.1) is 0 Å². The van der Waals surface area contributed by atoms with Gasteiger partial charge in [-0.2, -0.15) is 0 Å². The second-order valence-corrected chi connectivity index (χ2v) is 5.02. The molecule has 0 amide bonds. The molecule has 0 fully saturated rings. The van der Waals surface area contributed by atoms with Crippen LogP contribution in [0.25, 0.3) is 11.1 Å². The number of hydrogen-bond acceptors (Lipinski definition) is 3. The maximum atomic E-state index is 13.9. The fourth-order valence-electron chi connectivity index (χ4n) is 2.19. The van der Waals surface area contributed by atoms with Crippen molar-refractivity contribution in [3.8, 4) is 17.0 Å². The number of ether oxygens (including phenoxy) is 1. The lowest BCUT2D eigenvalue weighted by Crippen LogP contribution is -1.97.